The third-order valence-corrected chi connectivity index (χ3v) is 4.98. The first kappa shape index (κ1) is 21.0. The van der Waals surface area contributed by atoms with Gasteiger partial charge in [0.25, 0.3) is 5.91 Å². The molecule has 2 N–H and O–H groups in total. The summed E-state index contributed by atoms with van der Waals surface area (Å²) in [6, 6.07) is 12.5. The van der Waals surface area contributed by atoms with Crippen molar-refractivity contribution in [1.82, 2.24) is 5.32 Å². The number of ether oxygens (including phenoxy) is 1. The molecular formula is C20H19F3N2O3S. The Kier molecular flexibility index (Phi) is 6.68. The van der Waals surface area contributed by atoms with Gasteiger partial charge in [-0.1, -0.05) is 18.2 Å². The number of anilines is 1. The SMILES string of the molecule is O=C(CSCc1ccc(OC(F)(F)F)cc1)Nc1cccc(C(=O)NC2CC2)c1. The number of hydrogen-bond acceptors (Lipinski definition) is 4. The summed E-state index contributed by atoms with van der Waals surface area (Å²) >= 11 is 1.33. The number of rotatable bonds is 8. The van der Waals surface area contributed by atoms with Crippen LogP contribution in [-0.4, -0.2) is 30.0 Å². The Balaban J connectivity index is 1.43. The fourth-order valence-electron chi connectivity index (χ4n) is 2.48. The van der Waals surface area contributed by atoms with Gasteiger partial charge in [-0.15, -0.1) is 24.9 Å². The molecule has 3 rings (SSSR count). The van der Waals surface area contributed by atoms with Crippen molar-refractivity contribution in [3.8, 4) is 5.75 Å². The molecule has 0 heterocycles. The highest BCUT2D eigenvalue weighted by Gasteiger charge is 2.30. The van der Waals surface area contributed by atoms with Crippen molar-refractivity contribution in [3.05, 3.63) is 59.7 Å². The molecule has 1 aliphatic carbocycles. The third-order valence-electron chi connectivity index (χ3n) is 3.98. The number of hydrogen-bond donors (Lipinski definition) is 2. The average Bonchev–Trinajstić information content (AvgIpc) is 3.46. The molecule has 0 saturated heterocycles. The Morgan fingerprint density at radius 2 is 1.83 bits per heavy atom. The Bertz CT molecular complexity index is 868. The van der Waals surface area contributed by atoms with Crippen molar-refractivity contribution in [2.24, 2.45) is 0 Å². The van der Waals surface area contributed by atoms with Crippen molar-refractivity contribution < 1.29 is 27.5 Å². The largest absolute Gasteiger partial charge is 0.573 e. The van der Waals surface area contributed by atoms with Crippen LogP contribution in [0.25, 0.3) is 0 Å². The number of amides is 2. The fraction of sp³-hybridized carbons (Fsp3) is 0.300. The van der Waals surface area contributed by atoms with Gasteiger partial charge < -0.3 is 15.4 Å². The van der Waals surface area contributed by atoms with Crippen LogP contribution >= 0.6 is 11.8 Å². The summed E-state index contributed by atoms with van der Waals surface area (Å²) in [5.74, 6) is -0.0413. The van der Waals surface area contributed by atoms with E-state index in [1.165, 1.54) is 36.0 Å². The molecule has 2 aromatic rings. The second kappa shape index (κ2) is 9.21. The van der Waals surface area contributed by atoms with Crippen LogP contribution in [0, 0.1) is 0 Å². The first-order valence-corrected chi connectivity index (χ1v) is 10.1. The predicted molar refractivity (Wildman–Crippen MR) is 105 cm³/mol. The molecule has 0 bridgehead atoms. The lowest BCUT2D eigenvalue weighted by atomic mass is 10.2. The highest BCUT2D eigenvalue weighted by molar-refractivity contribution is 7.99. The van der Waals surface area contributed by atoms with Crippen LogP contribution in [0.4, 0.5) is 18.9 Å². The summed E-state index contributed by atoms with van der Waals surface area (Å²) in [5.41, 5.74) is 1.80. The highest BCUT2D eigenvalue weighted by Crippen LogP contribution is 2.24. The maximum atomic E-state index is 12.1. The topological polar surface area (TPSA) is 67.4 Å². The molecule has 1 fully saturated rings. The number of carbonyl (C=O) groups is 2. The second-order valence-corrected chi connectivity index (χ2v) is 7.55. The van der Waals surface area contributed by atoms with E-state index in [9.17, 15) is 22.8 Å². The molecule has 2 aromatic carbocycles. The van der Waals surface area contributed by atoms with Crippen LogP contribution in [0.15, 0.2) is 48.5 Å². The molecule has 5 nitrogen and oxygen atoms in total. The van der Waals surface area contributed by atoms with Gasteiger partial charge in [-0.25, -0.2) is 0 Å². The zero-order chi connectivity index (χ0) is 20.9. The maximum Gasteiger partial charge on any atom is 0.573 e. The summed E-state index contributed by atoms with van der Waals surface area (Å²) in [5, 5.41) is 5.63. The first-order chi connectivity index (χ1) is 13.8. The van der Waals surface area contributed by atoms with E-state index >= 15 is 0 Å². The third kappa shape index (κ3) is 7.34. The van der Waals surface area contributed by atoms with Gasteiger partial charge in [0.2, 0.25) is 5.91 Å². The van der Waals surface area contributed by atoms with Gasteiger partial charge in [0.15, 0.2) is 0 Å². The smallest absolute Gasteiger partial charge is 0.406 e. The van der Waals surface area contributed by atoms with Crippen molar-refractivity contribution in [1.29, 1.82) is 0 Å². The zero-order valence-corrected chi connectivity index (χ0v) is 16.1. The molecule has 0 unspecified atom stereocenters. The van der Waals surface area contributed by atoms with E-state index in [-0.39, 0.29) is 29.4 Å². The van der Waals surface area contributed by atoms with E-state index in [0.717, 1.165) is 18.4 Å². The second-order valence-electron chi connectivity index (χ2n) is 6.56. The molecule has 9 heteroatoms. The normalized spacial score (nSPS) is 13.6. The van der Waals surface area contributed by atoms with Crippen LogP contribution in [0.1, 0.15) is 28.8 Å². The van der Waals surface area contributed by atoms with Crippen LogP contribution in [-0.2, 0) is 10.5 Å². The molecule has 0 aromatic heterocycles. The minimum absolute atomic E-state index is 0.157. The highest BCUT2D eigenvalue weighted by atomic mass is 32.2. The number of halogens is 3. The number of benzene rings is 2. The number of thioether (sulfide) groups is 1. The van der Waals surface area contributed by atoms with Gasteiger partial charge in [0.05, 0.1) is 5.75 Å². The Labute approximate surface area is 170 Å². The molecular weight excluding hydrogens is 405 g/mol. The standard InChI is InChI=1S/C20H19F3N2O3S/c21-20(22,23)28-17-8-4-13(5-9-17)11-29-12-18(26)24-16-3-1-2-14(10-16)19(27)25-15-6-7-15/h1-5,8-10,15H,6-7,11-12H2,(H,24,26)(H,25,27). The van der Waals surface area contributed by atoms with E-state index < -0.39 is 6.36 Å². The van der Waals surface area contributed by atoms with E-state index in [1.54, 1.807) is 24.3 Å². The maximum absolute atomic E-state index is 12.1. The Morgan fingerprint density at radius 1 is 1.10 bits per heavy atom. The lowest BCUT2D eigenvalue weighted by Gasteiger charge is -2.09. The molecule has 0 spiro atoms. The summed E-state index contributed by atoms with van der Waals surface area (Å²) < 4.78 is 40.3. The minimum Gasteiger partial charge on any atom is -0.406 e. The molecule has 0 atom stereocenters. The first-order valence-electron chi connectivity index (χ1n) is 8.92. The van der Waals surface area contributed by atoms with Crippen molar-refractivity contribution in [3.63, 3.8) is 0 Å². The quantitative estimate of drug-likeness (QED) is 0.661. The molecule has 1 saturated carbocycles. The lowest BCUT2D eigenvalue weighted by Crippen LogP contribution is -2.25. The summed E-state index contributed by atoms with van der Waals surface area (Å²) in [4.78, 5) is 24.2. The molecule has 0 radical (unpaired) electrons. The number of carbonyl (C=O) groups excluding carboxylic acids is 2. The summed E-state index contributed by atoms with van der Waals surface area (Å²) in [6.07, 6.45) is -2.72. The van der Waals surface area contributed by atoms with Gasteiger partial charge in [-0.2, -0.15) is 0 Å². The predicted octanol–water partition coefficient (Wildman–Crippen LogP) is 4.35. The average molecular weight is 424 g/mol. The zero-order valence-electron chi connectivity index (χ0n) is 15.3. The minimum atomic E-state index is -4.72. The number of alkyl halides is 3. The fourth-order valence-corrected chi connectivity index (χ4v) is 3.27. The van der Waals surface area contributed by atoms with E-state index in [0.29, 0.717) is 17.0 Å². The van der Waals surface area contributed by atoms with Gasteiger partial charge >= 0.3 is 6.36 Å². The van der Waals surface area contributed by atoms with E-state index in [1.807, 2.05) is 0 Å². The van der Waals surface area contributed by atoms with Gasteiger partial charge in [-0.05, 0) is 48.7 Å². The van der Waals surface area contributed by atoms with Crippen molar-refractivity contribution in [2.45, 2.75) is 31.0 Å². The van der Waals surface area contributed by atoms with E-state index in [2.05, 4.69) is 15.4 Å². The summed E-state index contributed by atoms with van der Waals surface area (Å²) in [7, 11) is 0. The van der Waals surface area contributed by atoms with Crippen LogP contribution in [0.3, 0.4) is 0 Å². The molecule has 29 heavy (non-hydrogen) atoms. The van der Waals surface area contributed by atoms with Gasteiger partial charge in [0, 0.05) is 23.0 Å². The Morgan fingerprint density at radius 3 is 2.48 bits per heavy atom. The Hall–Kier alpha value is -2.68. The molecule has 2 amide bonds. The number of nitrogens with one attached hydrogen (secondary N) is 2. The molecule has 0 aliphatic heterocycles. The molecule has 154 valence electrons. The van der Waals surface area contributed by atoms with Crippen molar-refractivity contribution >= 4 is 29.3 Å². The van der Waals surface area contributed by atoms with E-state index in [4.69, 9.17) is 0 Å². The van der Waals surface area contributed by atoms with Crippen LogP contribution < -0.4 is 15.4 Å². The summed E-state index contributed by atoms with van der Waals surface area (Å²) in [6.45, 7) is 0. The lowest BCUT2D eigenvalue weighted by molar-refractivity contribution is -0.274. The van der Waals surface area contributed by atoms with Crippen molar-refractivity contribution in [2.75, 3.05) is 11.1 Å². The van der Waals surface area contributed by atoms with Crippen LogP contribution in [0.2, 0.25) is 0 Å². The molecule has 1 aliphatic rings. The van der Waals surface area contributed by atoms with Gasteiger partial charge in [0.1, 0.15) is 5.75 Å². The van der Waals surface area contributed by atoms with Gasteiger partial charge in [-0.3, -0.25) is 9.59 Å². The van der Waals surface area contributed by atoms with Crippen LogP contribution in [0.5, 0.6) is 5.75 Å². The monoisotopic (exact) mass is 424 g/mol.